The summed E-state index contributed by atoms with van der Waals surface area (Å²) in [4.78, 5) is 25.3. The summed E-state index contributed by atoms with van der Waals surface area (Å²) in [5.41, 5.74) is 2.35. The highest BCUT2D eigenvalue weighted by Crippen LogP contribution is 2.32. The summed E-state index contributed by atoms with van der Waals surface area (Å²) in [5, 5.41) is 15.3. The molecule has 0 aliphatic carbocycles. The van der Waals surface area contributed by atoms with Crippen molar-refractivity contribution in [3.8, 4) is 11.4 Å². The number of carbonyl (C=O) groups is 2. The summed E-state index contributed by atoms with van der Waals surface area (Å²) in [6.45, 7) is 3.80. The van der Waals surface area contributed by atoms with Crippen LogP contribution < -0.4 is 10.6 Å². The molecule has 4 rings (SSSR count). The van der Waals surface area contributed by atoms with Crippen molar-refractivity contribution in [1.82, 2.24) is 25.4 Å². The summed E-state index contributed by atoms with van der Waals surface area (Å²) in [6, 6.07) is 7.71. The number of furan rings is 1. The first-order valence-electron chi connectivity index (χ1n) is 10.2. The van der Waals surface area contributed by atoms with E-state index in [1.807, 2.05) is 24.6 Å². The Hall–Kier alpha value is -3.24. The topological polar surface area (TPSA) is 111 Å². The van der Waals surface area contributed by atoms with Gasteiger partial charge in [0.25, 0.3) is 0 Å². The summed E-state index contributed by atoms with van der Waals surface area (Å²) in [6.07, 6.45) is 1.60. The number of aryl methyl sites for hydroxylation is 1. The van der Waals surface area contributed by atoms with E-state index in [1.165, 1.54) is 11.8 Å². The highest BCUT2D eigenvalue weighted by molar-refractivity contribution is 7.99. The summed E-state index contributed by atoms with van der Waals surface area (Å²) in [5.74, 6) is 1.18. The maximum atomic E-state index is 12.9. The highest BCUT2D eigenvalue weighted by Gasteiger charge is 2.34. The van der Waals surface area contributed by atoms with Crippen molar-refractivity contribution in [3.05, 3.63) is 64.2 Å². The maximum Gasteiger partial charge on any atom is 0.338 e. The van der Waals surface area contributed by atoms with Crippen LogP contribution in [0, 0.1) is 6.92 Å². The lowest BCUT2D eigenvalue weighted by Gasteiger charge is -2.29. The minimum Gasteiger partial charge on any atom is -0.469 e. The Balaban J connectivity index is 1.66. The fraction of sp³-hybridized carbons (Fsp3) is 0.273. The molecular formula is C22H22ClN5O4S. The average Bonchev–Trinajstić information content (AvgIpc) is 3.37. The lowest BCUT2D eigenvalue weighted by Crippen LogP contribution is -2.46. The molecule has 0 saturated carbocycles. The largest absolute Gasteiger partial charge is 0.469 e. The quantitative estimate of drug-likeness (QED) is 0.382. The van der Waals surface area contributed by atoms with Gasteiger partial charge in [-0.05, 0) is 37.6 Å². The number of hydrogen-bond acceptors (Lipinski definition) is 7. The van der Waals surface area contributed by atoms with Crippen molar-refractivity contribution >= 4 is 35.4 Å². The second-order valence-corrected chi connectivity index (χ2v) is 8.62. The third-order valence-electron chi connectivity index (χ3n) is 5.13. The van der Waals surface area contributed by atoms with Crippen molar-refractivity contribution in [1.29, 1.82) is 0 Å². The summed E-state index contributed by atoms with van der Waals surface area (Å²) < 4.78 is 12.5. The van der Waals surface area contributed by atoms with Gasteiger partial charge in [0, 0.05) is 23.5 Å². The number of nitrogens with zero attached hydrogens (tertiary/aromatic N) is 3. The van der Waals surface area contributed by atoms with Gasteiger partial charge in [-0.2, -0.15) is 0 Å². The van der Waals surface area contributed by atoms with Crippen LogP contribution in [0.25, 0.3) is 11.4 Å². The standard InChI is InChI=1S/C22H22ClN5O4S/c1-4-31-20(29)17-16(24-21(30)25-18(17)13-5-7-14(23)8-6-13)11-33-22-27-26-19(28(22)3)15-9-10-32-12(15)2/h5-10,18H,4,11H2,1-3H3,(H2,24,25,30). The number of amides is 2. The first-order valence-corrected chi connectivity index (χ1v) is 11.5. The Bertz CT molecular complexity index is 1220. The third-order valence-corrected chi connectivity index (χ3v) is 6.43. The van der Waals surface area contributed by atoms with Crippen molar-refractivity contribution in [2.45, 2.75) is 25.0 Å². The van der Waals surface area contributed by atoms with E-state index in [2.05, 4.69) is 20.8 Å². The highest BCUT2D eigenvalue weighted by atomic mass is 35.5. The summed E-state index contributed by atoms with van der Waals surface area (Å²) >= 11 is 7.36. The molecule has 9 nitrogen and oxygen atoms in total. The molecule has 33 heavy (non-hydrogen) atoms. The zero-order valence-electron chi connectivity index (χ0n) is 18.2. The second-order valence-electron chi connectivity index (χ2n) is 7.24. The lowest BCUT2D eigenvalue weighted by atomic mass is 9.95. The molecule has 0 saturated heterocycles. The summed E-state index contributed by atoms with van der Waals surface area (Å²) in [7, 11) is 1.85. The van der Waals surface area contributed by atoms with Crippen LogP contribution in [-0.2, 0) is 16.6 Å². The molecule has 0 bridgehead atoms. The smallest absolute Gasteiger partial charge is 0.338 e. The molecule has 2 amide bonds. The van der Waals surface area contributed by atoms with Gasteiger partial charge >= 0.3 is 12.0 Å². The van der Waals surface area contributed by atoms with E-state index in [-0.39, 0.29) is 12.4 Å². The van der Waals surface area contributed by atoms with Gasteiger partial charge in [0.15, 0.2) is 11.0 Å². The number of benzene rings is 1. The number of rotatable bonds is 7. The van der Waals surface area contributed by atoms with Crippen molar-refractivity contribution < 1.29 is 18.7 Å². The first kappa shape index (κ1) is 22.9. The van der Waals surface area contributed by atoms with E-state index in [9.17, 15) is 9.59 Å². The minimum absolute atomic E-state index is 0.209. The molecule has 1 aliphatic heterocycles. The van der Waals surface area contributed by atoms with Crippen molar-refractivity contribution in [2.75, 3.05) is 12.4 Å². The Kier molecular flexibility index (Phi) is 6.75. The SMILES string of the molecule is CCOC(=O)C1=C(CSc2nnc(-c3ccoc3C)n2C)NC(=O)NC1c1ccc(Cl)cc1. The predicted octanol–water partition coefficient (Wildman–Crippen LogP) is 4.00. The number of thioether (sulfide) groups is 1. The number of carbonyl (C=O) groups excluding carboxylic acids is 2. The van der Waals surface area contributed by atoms with E-state index in [0.29, 0.717) is 27.3 Å². The van der Waals surface area contributed by atoms with Crippen LogP contribution in [0.5, 0.6) is 0 Å². The second kappa shape index (κ2) is 9.72. The lowest BCUT2D eigenvalue weighted by molar-refractivity contribution is -0.139. The zero-order valence-corrected chi connectivity index (χ0v) is 19.8. The van der Waals surface area contributed by atoms with E-state index in [1.54, 1.807) is 37.5 Å². The molecule has 3 aromatic rings. The van der Waals surface area contributed by atoms with Crippen LogP contribution in [0.1, 0.15) is 24.3 Å². The molecule has 0 spiro atoms. The molecule has 0 fully saturated rings. The van der Waals surface area contributed by atoms with Crippen molar-refractivity contribution in [2.24, 2.45) is 7.05 Å². The molecule has 2 aromatic heterocycles. The molecular weight excluding hydrogens is 466 g/mol. The van der Waals surface area contributed by atoms with Crippen LogP contribution in [-0.4, -0.2) is 39.1 Å². The van der Waals surface area contributed by atoms with Crippen LogP contribution in [0.3, 0.4) is 0 Å². The number of nitrogens with one attached hydrogen (secondary N) is 2. The Morgan fingerprint density at radius 1 is 1.27 bits per heavy atom. The van der Waals surface area contributed by atoms with Gasteiger partial charge in [-0.1, -0.05) is 35.5 Å². The average molecular weight is 488 g/mol. The van der Waals surface area contributed by atoms with Gasteiger partial charge in [0.1, 0.15) is 5.76 Å². The monoisotopic (exact) mass is 487 g/mol. The molecule has 172 valence electrons. The van der Waals surface area contributed by atoms with E-state index in [4.69, 9.17) is 20.8 Å². The number of aromatic nitrogens is 3. The molecule has 1 aromatic carbocycles. The first-order chi connectivity index (χ1) is 15.9. The maximum absolute atomic E-state index is 12.9. The molecule has 3 heterocycles. The predicted molar refractivity (Wildman–Crippen MR) is 124 cm³/mol. The number of ether oxygens (including phenoxy) is 1. The van der Waals surface area contributed by atoms with Gasteiger partial charge in [0.2, 0.25) is 0 Å². The van der Waals surface area contributed by atoms with Gasteiger partial charge in [-0.25, -0.2) is 9.59 Å². The number of urea groups is 1. The van der Waals surface area contributed by atoms with Crippen LogP contribution in [0.4, 0.5) is 4.79 Å². The van der Waals surface area contributed by atoms with E-state index >= 15 is 0 Å². The molecule has 0 radical (unpaired) electrons. The zero-order chi connectivity index (χ0) is 23.5. The van der Waals surface area contributed by atoms with E-state index in [0.717, 1.165) is 16.9 Å². The van der Waals surface area contributed by atoms with Gasteiger partial charge in [0.05, 0.1) is 30.0 Å². The molecule has 1 aliphatic rings. The van der Waals surface area contributed by atoms with Gasteiger partial charge in [-0.15, -0.1) is 10.2 Å². The Morgan fingerprint density at radius 3 is 2.70 bits per heavy atom. The van der Waals surface area contributed by atoms with Crippen LogP contribution in [0.2, 0.25) is 5.02 Å². The number of halogens is 1. The van der Waals surface area contributed by atoms with Crippen molar-refractivity contribution in [3.63, 3.8) is 0 Å². The van der Waals surface area contributed by atoms with Crippen LogP contribution in [0.15, 0.2) is 57.4 Å². The third kappa shape index (κ3) is 4.76. The molecule has 1 atom stereocenters. The number of hydrogen-bond donors (Lipinski definition) is 2. The Morgan fingerprint density at radius 2 is 2.03 bits per heavy atom. The number of esters is 1. The molecule has 2 N–H and O–H groups in total. The van der Waals surface area contributed by atoms with Crippen LogP contribution >= 0.6 is 23.4 Å². The fourth-order valence-electron chi connectivity index (χ4n) is 3.52. The molecule has 11 heteroatoms. The minimum atomic E-state index is -0.672. The Labute approximate surface area is 199 Å². The van der Waals surface area contributed by atoms with Gasteiger partial charge < -0.3 is 24.4 Å². The fourth-order valence-corrected chi connectivity index (χ4v) is 4.52. The molecule has 1 unspecified atom stereocenters. The van der Waals surface area contributed by atoms with Gasteiger partial charge in [-0.3, -0.25) is 0 Å². The normalized spacial score (nSPS) is 15.9. The van der Waals surface area contributed by atoms with E-state index < -0.39 is 18.0 Å².